The number of ether oxygens (including phenoxy) is 2. The number of anilines is 1. The van der Waals surface area contributed by atoms with Crippen molar-refractivity contribution >= 4 is 22.9 Å². The van der Waals surface area contributed by atoms with Crippen LogP contribution in [0.5, 0.6) is 0 Å². The number of halogens is 1. The first-order chi connectivity index (χ1) is 12.6. The van der Waals surface area contributed by atoms with Gasteiger partial charge in [0.2, 0.25) is 0 Å². The Hall–Kier alpha value is -1.80. The van der Waals surface area contributed by atoms with Gasteiger partial charge < -0.3 is 14.4 Å². The highest BCUT2D eigenvalue weighted by molar-refractivity contribution is 7.09. The monoisotopic (exact) mass is 376 g/mol. The number of thiophene rings is 1. The lowest BCUT2D eigenvalue weighted by atomic mass is 10.0. The van der Waals surface area contributed by atoms with Crippen LogP contribution in [0.1, 0.15) is 4.88 Å². The number of rotatable bonds is 3. The number of carbonyl (C=O) groups is 1. The Balaban J connectivity index is 1.53. The molecular formula is C19H21FN2O3S. The van der Waals surface area contributed by atoms with Gasteiger partial charge in [0.25, 0.3) is 5.91 Å². The zero-order valence-corrected chi connectivity index (χ0v) is 15.2. The summed E-state index contributed by atoms with van der Waals surface area (Å²) in [5, 5.41) is 2.07. The normalized spacial score (nSPS) is 24.8. The van der Waals surface area contributed by atoms with Gasteiger partial charge in [-0.2, -0.15) is 0 Å². The van der Waals surface area contributed by atoms with E-state index in [4.69, 9.17) is 9.47 Å². The van der Waals surface area contributed by atoms with E-state index >= 15 is 0 Å². The van der Waals surface area contributed by atoms with Gasteiger partial charge in [0.15, 0.2) is 0 Å². The second-order valence-corrected chi connectivity index (χ2v) is 7.80. The fourth-order valence-electron chi connectivity index (χ4n) is 3.50. The molecule has 1 aromatic heterocycles. The lowest BCUT2D eigenvalue weighted by molar-refractivity contribution is -0.146. The SMILES string of the molecule is O=C1COC2(COCCN(Cc3cccs3)C2)CN1c1ccc(F)cc1. The van der Waals surface area contributed by atoms with Gasteiger partial charge in [-0.25, -0.2) is 4.39 Å². The van der Waals surface area contributed by atoms with Crippen molar-refractivity contribution in [2.24, 2.45) is 0 Å². The van der Waals surface area contributed by atoms with Crippen LogP contribution in [0.3, 0.4) is 0 Å². The van der Waals surface area contributed by atoms with Crippen molar-refractivity contribution in [3.8, 4) is 0 Å². The molecule has 4 rings (SSSR count). The largest absolute Gasteiger partial charge is 0.377 e. The quantitative estimate of drug-likeness (QED) is 0.826. The molecule has 0 N–H and O–H groups in total. The van der Waals surface area contributed by atoms with E-state index < -0.39 is 5.60 Å². The molecule has 1 unspecified atom stereocenters. The summed E-state index contributed by atoms with van der Waals surface area (Å²) in [6.07, 6.45) is 0. The molecule has 2 aliphatic rings. The second-order valence-electron chi connectivity index (χ2n) is 6.77. The number of carbonyl (C=O) groups excluding carboxylic acids is 1. The predicted molar refractivity (Wildman–Crippen MR) is 97.9 cm³/mol. The van der Waals surface area contributed by atoms with Gasteiger partial charge in [-0.1, -0.05) is 6.07 Å². The molecule has 0 aliphatic carbocycles. The smallest absolute Gasteiger partial charge is 0.253 e. The van der Waals surface area contributed by atoms with E-state index in [0.717, 1.165) is 13.1 Å². The van der Waals surface area contributed by atoms with E-state index in [9.17, 15) is 9.18 Å². The topological polar surface area (TPSA) is 42.0 Å². The van der Waals surface area contributed by atoms with Crippen LogP contribution in [-0.4, -0.2) is 55.9 Å². The summed E-state index contributed by atoms with van der Waals surface area (Å²) < 4.78 is 25.0. The summed E-state index contributed by atoms with van der Waals surface area (Å²) in [6, 6.07) is 10.2. The molecular weight excluding hydrogens is 355 g/mol. The Kier molecular flexibility index (Phi) is 5.04. The van der Waals surface area contributed by atoms with Crippen molar-refractivity contribution in [1.29, 1.82) is 0 Å². The fraction of sp³-hybridized carbons (Fsp3) is 0.421. The van der Waals surface area contributed by atoms with Gasteiger partial charge in [0, 0.05) is 30.2 Å². The first-order valence-corrected chi connectivity index (χ1v) is 9.54. The van der Waals surface area contributed by atoms with Crippen LogP contribution in [0.4, 0.5) is 10.1 Å². The summed E-state index contributed by atoms with van der Waals surface area (Å²) in [4.78, 5) is 17.7. The maximum Gasteiger partial charge on any atom is 0.253 e. The van der Waals surface area contributed by atoms with Crippen molar-refractivity contribution in [2.45, 2.75) is 12.1 Å². The molecule has 138 valence electrons. The van der Waals surface area contributed by atoms with Crippen molar-refractivity contribution in [3.05, 3.63) is 52.5 Å². The minimum Gasteiger partial charge on any atom is -0.377 e. The summed E-state index contributed by atoms with van der Waals surface area (Å²) >= 11 is 1.73. The minimum absolute atomic E-state index is 0.00752. The maximum atomic E-state index is 13.2. The van der Waals surface area contributed by atoms with Gasteiger partial charge in [-0.15, -0.1) is 11.3 Å². The van der Waals surface area contributed by atoms with Gasteiger partial charge >= 0.3 is 0 Å². The average molecular weight is 376 g/mol. The van der Waals surface area contributed by atoms with Crippen LogP contribution in [0.2, 0.25) is 0 Å². The average Bonchev–Trinajstić information content (AvgIpc) is 3.07. The highest BCUT2D eigenvalue weighted by Gasteiger charge is 2.43. The first kappa shape index (κ1) is 17.6. The highest BCUT2D eigenvalue weighted by Crippen LogP contribution is 2.28. The van der Waals surface area contributed by atoms with Gasteiger partial charge in [-0.3, -0.25) is 9.69 Å². The Labute approximate surface area is 155 Å². The molecule has 0 saturated carbocycles. The molecule has 26 heavy (non-hydrogen) atoms. The number of hydrogen-bond donors (Lipinski definition) is 0. The van der Waals surface area contributed by atoms with Gasteiger partial charge in [-0.05, 0) is 35.7 Å². The lowest BCUT2D eigenvalue weighted by Gasteiger charge is -2.43. The van der Waals surface area contributed by atoms with Crippen LogP contribution in [0, 0.1) is 5.82 Å². The van der Waals surface area contributed by atoms with Crippen LogP contribution in [-0.2, 0) is 20.8 Å². The Bertz CT molecular complexity index is 753. The number of nitrogens with zero attached hydrogens (tertiary/aromatic N) is 2. The molecule has 5 nitrogen and oxygen atoms in total. The number of morpholine rings is 1. The molecule has 0 bridgehead atoms. The zero-order valence-electron chi connectivity index (χ0n) is 14.4. The molecule has 2 aliphatic heterocycles. The summed E-state index contributed by atoms with van der Waals surface area (Å²) in [7, 11) is 0. The van der Waals surface area contributed by atoms with E-state index in [1.165, 1.54) is 17.0 Å². The molecule has 1 aromatic carbocycles. The maximum absolute atomic E-state index is 13.2. The standard InChI is InChI=1S/C19H21FN2O3S/c20-15-3-5-16(6-4-15)22-13-19(25-11-18(22)23)12-21(7-8-24-14-19)10-17-2-1-9-26-17/h1-6,9H,7-8,10-14H2. The van der Waals surface area contributed by atoms with Crippen LogP contribution < -0.4 is 4.90 Å². The summed E-state index contributed by atoms with van der Waals surface area (Å²) in [6.45, 7) is 3.85. The van der Waals surface area contributed by atoms with Crippen molar-refractivity contribution in [1.82, 2.24) is 4.90 Å². The third kappa shape index (κ3) is 3.81. The van der Waals surface area contributed by atoms with E-state index in [1.807, 2.05) is 0 Å². The number of hydrogen-bond acceptors (Lipinski definition) is 5. The molecule has 0 radical (unpaired) electrons. The molecule has 1 amide bonds. The summed E-state index contributed by atoms with van der Waals surface area (Å²) in [5.41, 5.74) is 0.115. The molecule has 7 heteroatoms. The molecule has 2 fully saturated rings. The number of amides is 1. The Morgan fingerprint density at radius 2 is 2.04 bits per heavy atom. The van der Waals surface area contributed by atoms with E-state index in [1.54, 1.807) is 28.4 Å². The van der Waals surface area contributed by atoms with Gasteiger partial charge in [0.05, 0.1) is 19.8 Å². The fourth-order valence-corrected chi connectivity index (χ4v) is 4.24. The Morgan fingerprint density at radius 1 is 1.19 bits per heavy atom. The Morgan fingerprint density at radius 3 is 2.81 bits per heavy atom. The molecule has 3 heterocycles. The van der Waals surface area contributed by atoms with Crippen LogP contribution >= 0.6 is 11.3 Å². The van der Waals surface area contributed by atoms with Crippen LogP contribution in [0.25, 0.3) is 0 Å². The van der Waals surface area contributed by atoms with Gasteiger partial charge in [0.1, 0.15) is 18.0 Å². The van der Waals surface area contributed by atoms with Crippen LogP contribution in [0.15, 0.2) is 41.8 Å². The lowest BCUT2D eigenvalue weighted by Crippen LogP contribution is -2.60. The molecule has 1 atom stereocenters. The van der Waals surface area contributed by atoms with E-state index in [0.29, 0.717) is 32.0 Å². The second kappa shape index (κ2) is 7.44. The van der Waals surface area contributed by atoms with E-state index in [2.05, 4.69) is 22.4 Å². The first-order valence-electron chi connectivity index (χ1n) is 8.66. The zero-order chi connectivity index (χ0) is 18.0. The van der Waals surface area contributed by atoms with Crippen molar-refractivity contribution < 1.29 is 18.7 Å². The third-order valence-electron chi connectivity index (χ3n) is 4.78. The molecule has 2 aromatic rings. The number of benzene rings is 1. The molecule has 2 saturated heterocycles. The molecule has 1 spiro atoms. The third-order valence-corrected chi connectivity index (χ3v) is 5.64. The van der Waals surface area contributed by atoms with Crippen molar-refractivity contribution in [2.75, 3.05) is 44.4 Å². The predicted octanol–water partition coefficient (Wildman–Crippen LogP) is 2.52. The highest BCUT2D eigenvalue weighted by atomic mass is 32.1. The summed E-state index contributed by atoms with van der Waals surface area (Å²) in [5.74, 6) is -0.430. The van der Waals surface area contributed by atoms with Crippen molar-refractivity contribution in [3.63, 3.8) is 0 Å². The van der Waals surface area contributed by atoms with E-state index in [-0.39, 0.29) is 18.3 Å². The minimum atomic E-state index is -0.573.